The molecule has 0 bridgehead atoms. The Balaban J connectivity index is 0.000000375. The highest BCUT2D eigenvalue weighted by Gasteiger charge is 2.51. The second-order valence-corrected chi connectivity index (χ2v) is 12.4. The van der Waals surface area contributed by atoms with Gasteiger partial charge in [0.1, 0.15) is 28.5 Å². The van der Waals surface area contributed by atoms with E-state index < -0.39 is 7.26 Å². The van der Waals surface area contributed by atoms with E-state index in [0.29, 0.717) is 0 Å². The van der Waals surface area contributed by atoms with E-state index in [1.165, 1.54) is 55.6 Å². The number of hydrogen-bond acceptors (Lipinski definition) is 1. The molecule has 0 fully saturated rings. The lowest BCUT2D eigenvalue weighted by Gasteiger charge is -2.31. The van der Waals surface area contributed by atoms with E-state index in [1.807, 2.05) is 6.07 Å². The van der Waals surface area contributed by atoms with Crippen molar-refractivity contribution < 1.29 is 5.11 Å². The van der Waals surface area contributed by atoms with Gasteiger partial charge in [-0.25, -0.2) is 0 Å². The van der Waals surface area contributed by atoms with Crippen LogP contribution in [0.3, 0.4) is 0 Å². The van der Waals surface area contributed by atoms with Gasteiger partial charge in [-0.15, -0.1) is 5.75 Å². The monoisotopic (exact) mass is 488 g/mol. The summed E-state index contributed by atoms with van der Waals surface area (Å²) in [4.78, 5) is 0. The molecule has 0 radical (unpaired) electrons. The average Bonchev–Trinajstić information content (AvgIpc) is 2.89. The summed E-state index contributed by atoms with van der Waals surface area (Å²) in [6.45, 7) is 9.05. The van der Waals surface area contributed by atoms with Crippen molar-refractivity contribution in [3.05, 3.63) is 150 Å². The summed E-state index contributed by atoms with van der Waals surface area (Å²) >= 11 is 0. The van der Waals surface area contributed by atoms with Crippen LogP contribution in [0.1, 0.15) is 22.3 Å². The Kier molecular flexibility index (Phi) is 8.04. The van der Waals surface area contributed by atoms with Gasteiger partial charge in [-0.3, -0.25) is 0 Å². The molecular weight excluding hydrogens is 455 g/mol. The topological polar surface area (TPSA) is 23.1 Å². The number of aryl methyl sites for hydroxylation is 4. The van der Waals surface area contributed by atoms with Gasteiger partial charge in [-0.1, -0.05) is 103 Å². The summed E-state index contributed by atoms with van der Waals surface area (Å²) in [6, 6.07) is 44.2. The van der Waals surface area contributed by atoms with Crippen LogP contribution in [0.25, 0.3) is 0 Å². The van der Waals surface area contributed by atoms with E-state index in [1.54, 1.807) is 12.1 Å². The van der Waals surface area contributed by atoms with Crippen molar-refractivity contribution in [3.63, 3.8) is 0 Å². The summed E-state index contributed by atoms with van der Waals surface area (Å²) in [5.41, 5.74) is 5.43. The number of rotatable bonds is 4. The molecule has 5 aromatic carbocycles. The number of hydrogen-bond donors (Lipinski definition) is 0. The summed E-state index contributed by atoms with van der Waals surface area (Å²) in [7, 11) is -2.06. The lowest BCUT2D eigenvalue weighted by molar-refractivity contribution is -0.268. The minimum absolute atomic E-state index is 0.0718. The van der Waals surface area contributed by atoms with Crippen LogP contribution in [0.5, 0.6) is 5.75 Å². The van der Waals surface area contributed by atoms with E-state index >= 15 is 0 Å². The average molecular weight is 489 g/mol. The first kappa shape index (κ1) is 25.4. The van der Waals surface area contributed by atoms with E-state index in [0.717, 1.165) is 0 Å². The van der Waals surface area contributed by atoms with Crippen LogP contribution < -0.4 is 26.3 Å². The molecular formula is C34H33OP. The van der Waals surface area contributed by atoms with Gasteiger partial charge in [-0.2, -0.15) is 0 Å². The summed E-state index contributed by atoms with van der Waals surface area (Å²) in [6.07, 6.45) is 0. The van der Waals surface area contributed by atoms with E-state index in [4.69, 9.17) is 0 Å². The summed E-state index contributed by atoms with van der Waals surface area (Å²) < 4.78 is 0. The van der Waals surface area contributed by atoms with Gasteiger partial charge < -0.3 is 5.11 Å². The zero-order valence-electron chi connectivity index (χ0n) is 21.5. The SMILES string of the molecule is Cc1ccccc1[P+](c1ccccc1C)(c1ccccc1C)c1ccccc1C.[O-]c1ccccc1. The fourth-order valence-electron chi connectivity index (χ4n) is 4.96. The van der Waals surface area contributed by atoms with Gasteiger partial charge in [-0.05, 0) is 74.2 Å². The quantitative estimate of drug-likeness (QED) is 0.272. The van der Waals surface area contributed by atoms with Crippen LogP contribution in [0.15, 0.2) is 127 Å². The molecule has 0 atom stereocenters. The van der Waals surface area contributed by atoms with Crippen molar-refractivity contribution in [2.45, 2.75) is 27.7 Å². The van der Waals surface area contributed by atoms with E-state index in [-0.39, 0.29) is 5.75 Å². The van der Waals surface area contributed by atoms with Crippen LogP contribution in [-0.2, 0) is 0 Å². The molecule has 1 nitrogen and oxygen atoms in total. The van der Waals surface area contributed by atoms with Gasteiger partial charge in [0, 0.05) is 0 Å². The largest absolute Gasteiger partial charge is 0.872 e. The van der Waals surface area contributed by atoms with Crippen molar-refractivity contribution in [2.24, 2.45) is 0 Å². The second-order valence-electron chi connectivity index (χ2n) is 9.13. The minimum atomic E-state index is -2.06. The van der Waals surface area contributed by atoms with E-state index in [2.05, 4.69) is 125 Å². The predicted molar refractivity (Wildman–Crippen MR) is 156 cm³/mol. The Morgan fingerprint density at radius 2 is 0.611 bits per heavy atom. The molecule has 0 saturated heterocycles. The zero-order valence-corrected chi connectivity index (χ0v) is 22.4. The first-order valence-corrected chi connectivity index (χ1v) is 14.1. The van der Waals surface area contributed by atoms with Crippen molar-refractivity contribution in [3.8, 4) is 5.75 Å². The maximum absolute atomic E-state index is 10.3. The molecule has 0 amide bonds. The molecule has 36 heavy (non-hydrogen) atoms. The van der Waals surface area contributed by atoms with Gasteiger partial charge in [0.15, 0.2) is 0 Å². The van der Waals surface area contributed by atoms with E-state index in [9.17, 15) is 5.11 Å². The number of benzene rings is 5. The molecule has 0 aromatic heterocycles. The van der Waals surface area contributed by atoms with Gasteiger partial charge >= 0.3 is 0 Å². The molecule has 0 aliphatic heterocycles. The van der Waals surface area contributed by atoms with Crippen LogP contribution in [0, 0.1) is 27.7 Å². The van der Waals surface area contributed by atoms with Crippen LogP contribution >= 0.6 is 7.26 Å². The molecule has 0 heterocycles. The Morgan fingerprint density at radius 3 is 0.833 bits per heavy atom. The molecule has 0 aliphatic rings. The van der Waals surface area contributed by atoms with Crippen LogP contribution in [0.4, 0.5) is 0 Å². The van der Waals surface area contributed by atoms with Gasteiger partial charge in [0.25, 0.3) is 0 Å². The lowest BCUT2D eigenvalue weighted by atomic mass is 10.2. The third-order valence-corrected chi connectivity index (χ3v) is 11.5. The van der Waals surface area contributed by atoms with Gasteiger partial charge in [0.2, 0.25) is 0 Å². The number of para-hydroxylation sites is 1. The summed E-state index contributed by atoms with van der Waals surface area (Å²) in [5.74, 6) is 0.0718. The maximum atomic E-state index is 10.3. The van der Waals surface area contributed by atoms with Gasteiger partial charge in [0.05, 0.1) is 0 Å². The molecule has 0 N–H and O–H groups in total. The molecule has 5 rings (SSSR count). The molecule has 0 aliphatic carbocycles. The fraction of sp³-hybridized carbons (Fsp3) is 0.118. The Labute approximate surface area is 216 Å². The molecule has 0 saturated carbocycles. The highest BCUT2D eigenvalue weighted by Crippen LogP contribution is 2.56. The van der Waals surface area contributed by atoms with Crippen molar-refractivity contribution in [1.29, 1.82) is 0 Å². The van der Waals surface area contributed by atoms with Crippen LogP contribution in [0.2, 0.25) is 0 Å². The molecule has 5 aromatic rings. The maximum Gasteiger partial charge on any atom is 0.145 e. The fourth-order valence-corrected chi connectivity index (χ4v) is 10.2. The first-order valence-electron chi connectivity index (χ1n) is 12.3. The standard InChI is InChI=1S/C28H28P.C6H6O/c1-21-13-5-9-17-25(21)29(26-18-10-6-14-22(26)2,27-19-11-7-15-23(27)3)28-20-12-8-16-24(28)4;7-6-4-2-1-3-5-6/h5-20H,1-4H3;1-5,7H/q+1;/p-1. The van der Waals surface area contributed by atoms with Crippen molar-refractivity contribution in [2.75, 3.05) is 0 Å². The lowest BCUT2D eigenvalue weighted by Crippen LogP contribution is -2.42. The molecule has 0 spiro atoms. The zero-order chi connectivity index (χ0) is 25.5. The molecule has 2 heteroatoms. The molecule has 0 unspecified atom stereocenters. The van der Waals surface area contributed by atoms with Crippen molar-refractivity contribution in [1.82, 2.24) is 0 Å². The highest BCUT2D eigenvalue weighted by molar-refractivity contribution is 8.01. The molecule has 180 valence electrons. The predicted octanol–water partition coefficient (Wildman–Crippen LogP) is 6.30. The third-order valence-electron chi connectivity index (χ3n) is 6.65. The third kappa shape index (κ3) is 4.99. The Hall–Kier alpha value is -3.67. The smallest absolute Gasteiger partial charge is 0.145 e. The van der Waals surface area contributed by atoms with Crippen molar-refractivity contribution >= 4 is 28.5 Å². The minimum Gasteiger partial charge on any atom is -0.872 e. The summed E-state index contributed by atoms with van der Waals surface area (Å²) in [5, 5.41) is 16.1. The Bertz CT molecular complexity index is 1250. The highest BCUT2D eigenvalue weighted by atomic mass is 31.2. The van der Waals surface area contributed by atoms with Crippen LogP contribution in [-0.4, -0.2) is 0 Å². The normalized spacial score (nSPS) is 10.9. The Morgan fingerprint density at radius 1 is 0.361 bits per heavy atom. The second kappa shape index (κ2) is 11.4. The first-order chi connectivity index (χ1) is 17.5.